The van der Waals surface area contributed by atoms with Gasteiger partial charge >= 0.3 is 0 Å². The third kappa shape index (κ3) is 3.62. The number of hydrogen-bond donors (Lipinski definition) is 2. The Morgan fingerprint density at radius 2 is 2.26 bits per heavy atom. The van der Waals surface area contributed by atoms with Gasteiger partial charge in [-0.15, -0.1) is 11.8 Å². The summed E-state index contributed by atoms with van der Waals surface area (Å²) in [6.07, 6.45) is 2.74. The fourth-order valence-corrected chi connectivity index (χ4v) is 2.55. The lowest BCUT2D eigenvalue weighted by molar-refractivity contribution is 0.203. The minimum absolute atomic E-state index is 0.529. The van der Waals surface area contributed by atoms with E-state index in [2.05, 4.69) is 4.98 Å². The number of nitrogens with two attached hydrogens (primary N) is 1. The third-order valence-electron chi connectivity index (χ3n) is 2.69. The zero-order chi connectivity index (χ0) is 13.7. The highest BCUT2D eigenvalue weighted by Crippen LogP contribution is 2.29. The molecule has 2 rings (SSSR count). The van der Waals surface area contributed by atoms with Gasteiger partial charge in [0.05, 0.1) is 25.1 Å². The lowest BCUT2D eigenvalue weighted by atomic mass is 10.1. The van der Waals surface area contributed by atoms with Crippen LogP contribution in [0, 0.1) is 0 Å². The number of thioether (sulfide) groups is 1. The van der Waals surface area contributed by atoms with E-state index in [1.807, 2.05) is 30.3 Å². The Kier molecular flexibility index (Phi) is 4.65. The Labute approximate surface area is 116 Å². The number of rotatable bonds is 5. The molecule has 1 unspecified atom stereocenters. The van der Waals surface area contributed by atoms with Crippen molar-refractivity contribution in [1.82, 2.24) is 4.98 Å². The standard InChI is InChI=1S/C14H16N2O2S/c1-18-11-4-2-3-10(7-11)13(17)9-19-14-5-6-16-8-12(14)15/h2-8,13,17H,9,15H2,1H3. The molecular weight excluding hydrogens is 260 g/mol. The molecule has 0 fully saturated rings. The van der Waals surface area contributed by atoms with E-state index in [-0.39, 0.29) is 0 Å². The average Bonchev–Trinajstić information content (AvgIpc) is 2.46. The van der Waals surface area contributed by atoms with Crippen molar-refractivity contribution in [3.05, 3.63) is 48.3 Å². The van der Waals surface area contributed by atoms with E-state index in [0.717, 1.165) is 16.2 Å². The normalized spacial score (nSPS) is 12.1. The number of nitrogen functional groups attached to an aromatic ring is 1. The Bertz CT molecular complexity index is 548. The summed E-state index contributed by atoms with van der Waals surface area (Å²) >= 11 is 1.51. The Morgan fingerprint density at radius 1 is 1.42 bits per heavy atom. The van der Waals surface area contributed by atoms with Crippen molar-refractivity contribution in [2.45, 2.75) is 11.0 Å². The molecule has 5 heteroatoms. The molecule has 0 aliphatic heterocycles. The van der Waals surface area contributed by atoms with Crippen LogP contribution >= 0.6 is 11.8 Å². The van der Waals surface area contributed by atoms with Crippen LogP contribution in [0.1, 0.15) is 11.7 Å². The van der Waals surface area contributed by atoms with Gasteiger partial charge in [-0.05, 0) is 23.8 Å². The van der Waals surface area contributed by atoms with Crippen LogP contribution in [0.5, 0.6) is 5.75 Å². The molecule has 0 saturated heterocycles. The highest BCUT2D eigenvalue weighted by molar-refractivity contribution is 7.99. The van der Waals surface area contributed by atoms with E-state index in [1.165, 1.54) is 11.8 Å². The zero-order valence-electron chi connectivity index (χ0n) is 10.6. The van der Waals surface area contributed by atoms with Crippen LogP contribution in [0.4, 0.5) is 5.69 Å². The summed E-state index contributed by atoms with van der Waals surface area (Å²) in [7, 11) is 1.61. The predicted molar refractivity (Wildman–Crippen MR) is 77.3 cm³/mol. The van der Waals surface area contributed by atoms with Crippen LogP contribution < -0.4 is 10.5 Å². The summed E-state index contributed by atoms with van der Waals surface area (Å²) in [4.78, 5) is 4.86. The van der Waals surface area contributed by atoms with Crippen molar-refractivity contribution in [3.63, 3.8) is 0 Å². The van der Waals surface area contributed by atoms with Crippen molar-refractivity contribution in [3.8, 4) is 5.75 Å². The Hall–Kier alpha value is -1.72. The lowest BCUT2D eigenvalue weighted by Crippen LogP contribution is -2.01. The van der Waals surface area contributed by atoms with Crippen LogP contribution in [0.25, 0.3) is 0 Å². The maximum absolute atomic E-state index is 10.2. The molecule has 4 nitrogen and oxygen atoms in total. The number of pyridine rings is 1. The first kappa shape index (κ1) is 13.7. The Morgan fingerprint density at radius 3 is 3.00 bits per heavy atom. The number of nitrogens with zero attached hydrogens (tertiary/aromatic N) is 1. The quantitative estimate of drug-likeness (QED) is 0.821. The number of anilines is 1. The monoisotopic (exact) mass is 276 g/mol. The van der Waals surface area contributed by atoms with Crippen molar-refractivity contribution in [2.24, 2.45) is 0 Å². The van der Waals surface area contributed by atoms with E-state index in [9.17, 15) is 5.11 Å². The number of hydrogen-bond acceptors (Lipinski definition) is 5. The fourth-order valence-electron chi connectivity index (χ4n) is 1.64. The largest absolute Gasteiger partial charge is 0.497 e. The van der Waals surface area contributed by atoms with Gasteiger partial charge in [0, 0.05) is 16.8 Å². The maximum Gasteiger partial charge on any atom is 0.119 e. The first-order chi connectivity index (χ1) is 9.20. The van der Waals surface area contributed by atoms with Crippen molar-refractivity contribution in [2.75, 3.05) is 18.6 Å². The second-order valence-electron chi connectivity index (χ2n) is 4.02. The molecule has 0 spiro atoms. The van der Waals surface area contributed by atoms with E-state index < -0.39 is 6.10 Å². The third-order valence-corrected chi connectivity index (χ3v) is 3.85. The van der Waals surface area contributed by atoms with Crippen molar-refractivity contribution >= 4 is 17.4 Å². The summed E-state index contributed by atoms with van der Waals surface area (Å²) in [6, 6.07) is 9.27. The molecule has 3 N–H and O–H groups in total. The van der Waals surface area contributed by atoms with Crippen molar-refractivity contribution < 1.29 is 9.84 Å². The summed E-state index contributed by atoms with van der Waals surface area (Å²) in [6.45, 7) is 0. The molecule has 1 aromatic heterocycles. The van der Waals surface area contributed by atoms with Gasteiger partial charge in [0.25, 0.3) is 0 Å². The van der Waals surface area contributed by atoms with Crippen LogP contribution in [0.15, 0.2) is 47.6 Å². The van der Waals surface area contributed by atoms with Gasteiger partial charge < -0.3 is 15.6 Å². The molecule has 0 radical (unpaired) electrons. The van der Waals surface area contributed by atoms with E-state index in [0.29, 0.717) is 11.4 Å². The molecule has 1 atom stereocenters. The molecule has 0 aliphatic carbocycles. The number of methoxy groups -OCH3 is 1. The minimum atomic E-state index is -0.562. The van der Waals surface area contributed by atoms with Gasteiger partial charge in [-0.1, -0.05) is 12.1 Å². The number of benzene rings is 1. The zero-order valence-corrected chi connectivity index (χ0v) is 11.4. The van der Waals surface area contributed by atoms with Crippen LogP contribution in [0.3, 0.4) is 0 Å². The Balaban J connectivity index is 2.01. The molecule has 1 heterocycles. The number of aromatic nitrogens is 1. The highest BCUT2D eigenvalue weighted by atomic mass is 32.2. The molecule has 100 valence electrons. The smallest absolute Gasteiger partial charge is 0.119 e. The molecular formula is C14H16N2O2S. The second-order valence-corrected chi connectivity index (χ2v) is 5.08. The van der Waals surface area contributed by atoms with Crippen molar-refractivity contribution in [1.29, 1.82) is 0 Å². The van der Waals surface area contributed by atoms with Gasteiger partial charge in [-0.2, -0.15) is 0 Å². The van der Waals surface area contributed by atoms with E-state index in [1.54, 1.807) is 19.5 Å². The molecule has 19 heavy (non-hydrogen) atoms. The number of aliphatic hydroxyl groups excluding tert-OH is 1. The summed E-state index contributed by atoms with van der Waals surface area (Å²) in [5, 5.41) is 10.2. The molecule has 1 aromatic carbocycles. The molecule has 2 aromatic rings. The summed E-state index contributed by atoms with van der Waals surface area (Å²) in [5.74, 6) is 1.27. The van der Waals surface area contributed by atoms with E-state index in [4.69, 9.17) is 10.5 Å². The number of aliphatic hydroxyl groups is 1. The summed E-state index contributed by atoms with van der Waals surface area (Å²) < 4.78 is 5.14. The van der Waals surface area contributed by atoms with E-state index >= 15 is 0 Å². The maximum atomic E-state index is 10.2. The fraction of sp³-hybridized carbons (Fsp3) is 0.214. The van der Waals surface area contributed by atoms with Crippen LogP contribution in [0.2, 0.25) is 0 Å². The van der Waals surface area contributed by atoms with Crippen LogP contribution in [-0.2, 0) is 0 Å². The second kappa shape index (κ2) is 6.45. The topological polar surface area (TPSA) is 68.4 Å². The molecule has 0 amide bonds. The number of ether oxygens (including phenoxy) is 1. The molecule has 0 aliphatic rings. The van der Waals surface area contributed by atoms with Gasteiger partial charge in [-0.25, -0.2) is 0 Å². The highest BCUT2D eigenvalue weighted by Gasteiger charge is 2.10. The SMILES string of the molecule is COc1cccc(C(O)CSc2ccncc2N)c1. The van der Waals surface area contributed by atoms with Gasteiger partial charge in [-0.3, -0.25) is 4.98 Å². The minimum Gasteiger partial charge on any atom is -0.497 e. The molecule has 0 saturated carbocycles. The summed E-state index contributed by atoms with van der Waals surface area (Å²) in [5.41, 5.74) is 7.27. The van der Waals surface area contributed by atoms with Crippen LogP contribution in [-0.4, -0.2) is 23.0 Å². The first-order valence-electron chi connectivity index (χ1n) is 5.85. The van der Waals surface area contributed by atoms with Gasteiger partial charge in [0.2, 0.25) is 0 Å². The predicted octanol–water partition coefficient (Wildman–Crippen LogP) is 2.50. The average molecular weight is 276 g/mol. The molecule has 0 bridgehead atoms. The lowest BCUT2D eigenvalue weighted by Gasteiger charge is -2.12. The van der Waals surface area contributed by atoms with Gasteiger partial charge in [0.1, 0.15) is 5.75 Å². The first-order valence-corrected chi connectivity index (χ1v) is 6.83. The van der Waals surface area contributed by atoms with Gasteiger partial charge in [0.15, 0.2) is 0 Å².